The molecule has 3 aromatic heterocycles. The molecule has 0 aliphatic rings. The van der Waals surface area contributed by atoms with Crippen molar-refractivity contribution < 1.29 is 0 Å². The van der Waals surface area contributed by atoms with E-state index in [0.717, 1.165) is 22.3 Å². The van der Waals surface area contributed by atoms with Gasteiger partial charge in [-0.25, -0.2) is 9.97 Å². The summed E-state index contributed by atoms with van der Waals surface area (Å²) >= 11 is 0. The minimum atomic E-state index is 0.783. The van der Waals surface area contributed by atoms with Crippen LogP contribution >= 0.6 is 0 Å². The number of aromatic amines is 2. The quantitative estimate of drug-likeness (QED) is 0.587. The summed E-state index contributed by atoms with van der Waals surface area (Å²) in [5, 5.41) is 11.2. The monoisotopic (exact) mass is 186 g/mol. The second-order valence-corrected chi connectivity index (χ2v) is 2.85. The predicted octanol–water partition coefficient (Wildman–Crippen LogP) is 0.743. The number of fused-ring (bicyclic) bond motifs is 1. The summed E-state index contributed by atoms with van der Waals surface area (Å²) in [5.41, 5.74) is 2.54. The molecule has 6 heteroatoms. The topological polar surface area (TPSA) is 83.1 Å². The Labute approximate surface area is 78.4 Å². The van der Waals surface area contributed by atoms with Gasteiger partial charge in [-0.15, -0.1) is 5.10 Å². The summed E-state index contributed by atoms with van der Waals surface area (Å²) in [6.45, 7) is 0. The molecule has 0 aliphatic heterocycles. The van der Waals surface area contributed by atoms with Gasteiger partial charge in [0.15, 0.2) is 0 Å². The van der Waals surface area contributed by atoms with Gasteiger partial charge in [0, 0.05) is 23.3 Å². The zero-order valence-corrected chi connectivity index (χ0v) is 7.10. The number of aromatic nitrogens is 6. The fourth-order valence-electron chi connectivity index (χ4n) is 1.41. The maximum Gasteiger partial charge on any atom is 0.141 e. The van der Waals surface area contributed by atoms with Crippen LogP contribution in [0.25, 0.3) is 22.3 Å². The highest BCUT2D eigenvalue weighted by molar-refractivity contribution is 5.91. The number of hydrogen-bond acceptors (Lipinski definition) is 4. The highest BCUT2D eigenvalue weighted by atomic mass is 15.3. The molecule has 0 atom stereocenters. The van der Waals surface area contributed by atoms with E-state index in [4.69, 9.17) is 0 Å². The van der Waals surface area contributed by atoms with E-state index < -0.39 is 0 Å². The summed E-state index contributed by atoms with van der Waals surface area (Å²) in [4.78, 5) is 11.1. The Balaban J connectivity index is 2.33. The molecule has 0 spiro atoms. The first-order valence-electron chi connectivity index (χ1n) is 4.09. The van der Waals surface area contributed by atoms with Crippen LogP contribution in [0.2, 0.25) is 0 Å². The van der Waals surface area contributed by atoms with E-state index in [2.05, 4.69) is 30.4 Å². The van der Waals surface area contributed by atoms with Gasteiger partial charge in [0.25, 0.3) is 0 Å². The van der Waals surface area contributed by atoms with Crippen LogP contribution in [0.4, 0.5) is 0 Å². The van der Waals surface area contributed by atoms with Gasteiger partial charge in [-0.2, -0.15) is 0 Å². The van der Waals surface area contributed by atoms with Gasteiger partial charge in [-0.1, -0.05) is 5.21 Å². The molecule has 2 N–H and O–H groups in total. The summed E-state index contributed by atoms with van der Waals surface area (Å²) in [5.74, 6) is 0. The third-order valence-corrected chi connectivity index (χ3v) is 2.05. The molecule has 0 fully saturated rings. The molecule has 0 unspecified atom stereocenters. The summed E-state index contributed by atoms with van der Waals surface area (Å²) in [6, 6.07) is 0. The van der Waals surface area contributed by atoms with Crippen LogP contribution in [0.5, 0.6) is 0 Å². The Kier molecular flexibility index (Phi) is 1.35. The van der Waals surface area contributed by atoms with E-state index in [1.54, 1.807) is 12.4 Å². The lowest BCUT2D eigenvalue weighted by atomic mass is 10.2. The lowest BCUT2D eigenvalue weighted by Crippen LogP contribution is -1.79. The van der Waals surface area contributed by atoms with Crippen molar-refractivity contribution in [3.63, 3.8) is 0 Å². The van der Waals surface area contributed by atoms with Gasteiger partial charge >= 0.3 is 0 Å². The number of nitrogens with one attached hydrogen (secondary N) is 2. The Morgan fingerprint density at radius 3 is 3.07 bits per heavy atom. The molecule has 3 aromatic rings. The molecular formula is C8H6N6. The van der Waals surface area contributed by atoms with Gasteiger partial charge < -0.3 is 4.98 Å². The predicted molar refractivity (Wildman–Crippen MR) is 49.3 cm³/mol. The smallest absolute Gasteiger partial charge is 0.141 e. The van der Waals surface area contributed by atoms with Crippen molar-refractivity contribution in [2.24, 2.45) is 0 Å². The zero-order valence-electron chi connectivity index (χ0n) is 7.10. The van der Waals surface area contributed by atoms with Gasteiger partial charge in [-0.3, -0.25) is 5.10 Å². The van der Waals surface area contributed by atoms with E-state index in [-0.39, 0.29) is 0 Å². The molecule has 3 heterocycles. The number of rotatable bonds is 1. The van der Waals surface area contributed by atoms with Crippen LogP contribution < -0.4 is 0 Å². The molecular weight excluding hydrogens is 180 g/mol. The summed E-state index contributed by atoms with van der Waals surface area (Å²) < 4.78 is 0. The van der Waals surface area contributed by atoms with E-state index in [1.165, 1.54) is 6.33 Å². The van der Waals surface area contributed by atoms with Crippen molar-refractivity contribution in [3.05, 3.63) is 24.9 Å². The maximum atomic E-state index is 4.09. The zero-order chi connectivity index (χ0) is 9.38. The second kappa shape index (κ2) is 2.63. The van der Waals surface area contributed by atoms with Crippen molar-refractivity contribution in [1.82, 2.24) is 30.4 Å². The molecule has 14 heavy (non-hydrogen) atoms. The Hall–Kier alpha value is -2.24. The minimum Gasteiger partial charge on any atom is -0.345 e. The summed E-state index contributed by atoms with van der Waals surface area (Å²) in [7, 11) is 0. The maximum absolute atomic E-state index is 4.09. The molecule has 0 saturated heterocycles. The summed E-state index contributed by atoms with van der Waals surface area (Å²) in [6.07, 6.45) is 6.83. The Bertz CT molecular complexity index is 552. The highest BCUT2D eigenvalue weighted by Crippen LogP contribution is 2.23. The lowest BCUT2D eigenvalue weighted by Gasteiger charge is -1.90. The van der Waals surface area contributed by atoms with E-state index in [9.17, 15) is 0 Å². The Morgan fingerprint density at radius 2 is 2.21 bits per heavy atom. The van der Waals surface area contributed by atoms with Crippen LogP contribution in [0, 0.1) is 0 Å². The van der Waals surface area contributed by atoms with Crippen molar-refractivity contribution in [2.75, 3.05) is 0 Å². The van der Waals surface area contributed by atoms with E-state index in [0.29, 0.717) is 0 Å². The first kappa shape index (κ1) is 7.19. The van der Waals surface area contributed by atoms with Crippen LogP contribution in [-0.2, 0) is 0 Å². The third-order valence-electron chi connectivity index (χ3n) is 2.05. The third kappa shape index (κ3) is 0.905. The highest BCUT2D eigenvalue weighted by Gasteiger charge is 2.08. The molecule has 0 aliphatic carbocycles. The number of hydrogen-bond donors (Lipinski definition) is 2. The minimum absolute atomic E-state index is 0.783. The second-order valence-electron chi connectivity index (χ2n) is 2.85. The average molecular weight is 186 g/mol. The SMILES string of the molecule is c1ncc2c(-c3c[nH]nn3)c[nH]c2n1. The number of H-pyrrole nitrogens is 2. The van der Waals surface area contributed by atoms with E-state index in [1.807, 2.05) is 6.20 Å². The fourth-order valence-corrected chi connectivity index (χ4v) is 1.41. The van der Waals surface area contributed by atoms with Gasteiger partial charge in [0.2, 0.25) is 0 Å². The average Bonchev–Trinajstić information content (AvgIpc) is 2.85. The van der Waals surface area contributed by atoms with Crippen molar-refractivity contribution >= 4 is 11.0 Å². The molecule has 0 radical (unpaired) electrons. The molecule has 0 aromatic carbocycles. The van der Waals surface area contributed by atoms with Crippen LogP contribution in [0.15, 0.2) is 24.9 Å². The van der Waals surface area contributed by atoms with Gasteiger partial charge in [-0.05, 0) is 0 Å². The van der Waals surface area contributed by atoms with Crippen LogP contribution in [-0.4, -0.2) is 30.4 Å². The van der Waals surface area contributed by atoms with Crippen LogP contribution in [0.3, 0.4) is 0 Å². The Morgan fingerprint density at radius 1 is 1.21 bits per heavy atom. The van der Waals surface area contributed by atoms with Crippen molar-refractivity contribution in [2.45, 2.75) is 0 Å². The first-order chi connectivity index (χ1) is 6.95. The lowest BCUT2D eigenvalue weighted by molar-refractivity contribution is 0.942. The van der Waals surface area contributed by atoms with Gasteiger partial charge in [0.05, 0.1) is 6.20 Å². The van der Waals surface area contributed by atoms with Gasteiger partial charge in [0.1, 0.15) is 17.7 Å². The molecule has 6 nitrogen and oxygen atoms in total. The number of nitrogens with zero attached hydrogens (tertiary/aromatic N) is 4. The van der Waals surface area contributed by atoms with E-state index >= 15 is 0 Å². The largest absolute Gasteiger partial charge is 0.345 e. The first-order valence-corrected chi connectivity index (χ1v) is 4.09. The van der Waals surface area contributed by atoms with Crippen LogP contribution in [0.1, 0.15) is 0 Å². The molecule has 3 rings (SSSR count). The molecule has 68 valence electrons. The molecule has 0 bridgehead atoms. The normalized spacial score (nSPS) is 10.9. The molecule has 0 saturated carbocycles. The standard InChI is InChI=1S/C8H6N6/c1-6-5(7-3-12-14-13-7)2-10-8(6)11-4-9-1/h1-4H,(H,9,10,11)(H,12,13,14). The van der Waals surface area contributed by atoms with Crippen molar-refractivity contribution in [1.29, 1.82) is 0 Å². The van der Waals surface area contributed by atoms with Crippen molar-refractivity contribution in [3.8, 4) is 11.3 Å². The molecule has 0 amide bonds. The fraction of sp³-hybridized carbons (Fsp3) is 0.